The number of unbranched alkanes of at least 4 members (excludes halogenated alkanes) is 1. The van der Waals surface area contributed by atoms with Crippen LogP contribution in [0.25, 0.3) is 0 Å². The number of imide groups is 1. The number of Topliss-reactive ketones (excluding diaryl/α,β-unsaturated/α-hetero) is 1. The number of esters is 1. The van der Waals surface area contributed by atoms with Gasteiger partial charge in [0, 0.05) is 57.4 Å². The Morgan fingerprint density at radius 3 is 1.66 bits per heavy atom. The van der Waals surface area contributed by atoms with Crippen molar-refractivity contribution in [2.75, 3.05) is 118 Å². The van der Waals surface area contributed by atoms with Gasteiger partial charge in [-0.2, -0.15) is 0 Å². The summed E-state index contributed by atoms with van der Waals surface area (Å²) in [6, 6.07) is 4.79. The highest BCUT2D eigenvalue weighted by Gasteiger charge is 2.35. The first-order chi connectivity index (χ1) is 32.2. The fourth-order valence-corrected chi connectivity index (χ4v) is 6.49. The fourth-order valence-electron chi connectivity index (χ4n) is 6.49. The summed E-state index contributed by atoms with van der Waals surface area (Å²) < 4.78 is 48.2. The van der Waals surface area contributed by atoms with Gasteiger partial charge in [-0.25, -0.2) is 0 Å². The number of amides is 5. The van der Waals surface area contributed by atoms with Gasteiger partial charge in [0.15, 0.2) is 5.78 Å². The monoisotopic (exact) mass is 953 g/mol. The number of ketones is 1. The third-order valence-corrected chi connectivity index (χ3v) is 10.3. The van der Waals surface area contributed by atoms with E-state index in [1.165, 1.54) is 11.8 Å². The molecule has 1 fully saturated rings. The number of ether oxygens (including phenoxy) is 9. The number of rotatable bonds is 40. The zero-order valence-corrected chi connectivity index (χ0v) is 40.4. The van der Waals surface area contributed by atoms with E-state index in [-0.39, 0.29) is 88.1 Å². The summed E-state index contributed by atoms with van der Waals surface area (Å²) >= 11 is 0. The highest BCUT2D eigenvalue weighted by Crippen LogP contribution is 2.20. The predicted molar refractivity (Wildman–Crippen MR) is 245 cm³/mol. The van der Waals surface area contributed by atoms with Crippen LogP contribution in [0.4, 0.5) is 5.69 Å². The lowest BCUT2D eigenvalue weighted by Crippen LogP contribution is -2.53. The van der Waals surface area contributed by atoms with Crippen molar-refractivity contribution in [3.05, 3.63) is 29.8 Å². The molecule has 1 aliphatic heterocycles. The molecule has 20 heteroatoms. The molecule has 4 atom stereocenters. The van der Waals surface area contributed by atoms with Gasteiger partial charge in [0.2, 0.25) is 29.5 Å². The average Bonchev–Trinajstić information content (AvgIpc) is 3.54. The van der Waals surface area contributed by atoms with Gasteiger partial charge in [-0.3, -0.25) is 38.5 Å². The molecule has 0 aromatic heterocycles. The Bertz CT molecular complexity index is 1610. The van der Waals surface area contributed by atoms with Gasteiger partial charge >= 0.3 is 5.97 Å². The van der Waals surface area contributed by atoms with E-state index >= 15 is 0 Å². The summed E-state index contributed by atoms with van der Waals surface area (Å²) in [7, 11) is 1.62. The van der Waals surface area contributed by atoms with Crippen LogP contribution in [0.15, 0.2) is 24.3 Å². The minimum atomic E-state index is -1.02. The first kappa shape index (κ1) is 58.7. The smallest absolute Gasteiger partial charge is 0.302 e. The quantitative estimate of drug-likeness (QED) is 0.0487. The number of carbonyl (C=O) groups is 7. The van der Waals surface area contributed by atoms with Crippen LogP contribution >= 0.6 is 0 Å². The number of likely N-dealkylation sites (tertiary alicyclic amines) is 1. The van der Waals surface area contributed by atoms with Gasteiger partial charge < -0.3 is 58.6 Å². The second-order valence-electron chi connectivity index (χ2n) is 16.4. The van der Waals surface area contributed by atoms with Crippen molar-refractivity contribution in [1.82, 2.24) is 15.5 Å². The summed E-state index contributed by atoms with van der Waals surface area (Å²) in [5.74, 6) is -4.06. The maximum atomic E-state index is 13.8. The number of benzene rings is 1. The van der Waals surface area contributed by atoms with Crippen LogP contribution in [0.3, 0.4) is 0 Å². The molecule has 1 saturated heterocycles. The third-order valence-electron chi connectivity index (χ3n) is 10.3. The third kappa shape index (κ3) is 26.6. The van der Waals surface area contributed by atoms with E-state index in [9.17, 15) is 33.6 Å². The van der Waals surface area contributed by atoms with E-state index in [2.05, 4.69) is 16.0 Å². The largest absolute Gasteiger partial charge is 0.461 e. The summed E-state index contributed by atoms with van der Waals surface area (Å²) in [5.41, 5.74) is 1.25. The van der Waals surface area contributed by atoms with E-state index in [1.54, 1.807) is 59.1 Å². The van der Waals surface area contributed by atoms with Crippen LogP contribution in [0.2, 0.25) is 0 Å². The highest BCUT2D eigenvalue weighted by atomic mass is 16.6. The van der Waals surface area contributed by atoms with Crippen molar-refractivity contribution in [1.29, 1.82) is 0 Å². The molecule has 0 aliphatic carbocycles. The van der Waals surface area contributed by atoms with Gasteiger partial charge in [0.25, 0.3) is 0 Å². The summed E-state index contributed by atoms with van der Waals surface area (Å²) in [4.78, 5) is 90.5. The van der Waals surface area contributed by atoms with Crippen molar-refractivity contribution in [3.8, 4) is 0 Å². The summed E-state index contributed by atoms with van der Waals surface area (Å²) in [6.07, 6.45) is 0.967. The van der Waals surface area contributed by atoms with Crippen LogP contribution in [-0.2, 0) is 82.8 Å². The van der Waals surface area contributed by atoms with Crippen LogP contribution in [0.5, 0.6) is 0 Å². The number of methoxy groups -OCH3 is 1. The topological polar surface area (TPSA) is 242 Å². The Balaban J connectivity index is 1.73. The standard InChI is InChI=1S/C47H76N4O16/c1-34(2)44(41(53)31-35(3)45(56)48-39-12-10-38(11-13-39)33-67-37(5)52)50-46(57)40(9-7-8-15-51-43(55)32-36(4)47(51)58)49-42(54)14-16-60-19-20-62-23-24-64-27-28-66-30-29-65-26-25-63-22-21-61-18-17-59-6/h10-13,34-36,40,44H,7-9,14-33H2,1-6H3,(H,48,56)(H,49,54)(H,50,57)/t35-,36?,40+,44+/m1/s1. The molecule has 67 heavy (non-hydrogen) atoms. The average molecular weight is 953 g/mol. The lowest BCUT2D eigenvalue weighted by atomic mass is 9.92. The molecule has 1 heterocycles. The lowest BCUT2D eigenvalue weighted by molar-refractivity contribution is -0.142. The maximum Gasteiger partial charge on any atom is 0.302 e. The van der Waals surface area contributed by atoms with E-state index in [0.717, 1.165) is 5.56 Å². The molecule has 380 valence electrons. The van der Waals surface area contributed by atoms with Crippen molar-refractivity contribution in [2.24, 2.45) is 17.8 Å². The second-order valence-corrected chi connectivity index (χ2v) is 16.4. The molecule has 20 nitrogen and oxygen atoms in total. The predicted octanol–water partition coefficient (Wildman–Crippen LogP) is 2.63. The molecule has 3 N–H and O–H groups in total. The van der Waals surface area contributed by atoms with Crippen LogP contribution in [0, 0.1) is 17.8 Å². The van der Waals surface area contributed by atoms with E-state index in [4.69, 9.17) is 42.6 Å². The van der Waals surface area contributed by atoms with Gasteiger partial charge in [-0.15, -0.1) is 0 Å². The Morgan fingerprint density at radius 1 is 0.687 bits per heavy atom. The second kappa shape index (κ2) is 35.7. The number of nitrogens with one attached hydrogen (secondary N) is 3. The first-order valence-corrected chi connectivity index (χ1v) is 23.3. The van der Waals surface area contributed by atoms with Crippen LogP contribution in [-0.4, -0.2) is 171 Å². The van der Waals surface area contributed by atoms with Gasteiger partial charge in [-0.1, -0.05) is 39.8 Å². The SMILES string of the molecule is COCCOCCOCCOCCOCCOCCOCCOCCC(=O)N[C@@H](CCCCN1C(=O)CC(C)C1=O)C(=O)N[C@H](C(=O)C[C@@H](C)C(=O)Nc1ccc(COC(C)=O)cc1)C(C)C. The van der Waals surface area contributed by atoms with Gasteiger partial charge in [-0.05, 0) is 42.9 Å². The molecule has 0 spiro atoms. The zero-order valence-electron chi connectivity index (χ0n) is 40.4. The normalized spacial score (nSPS) is 15.1. The lowest BCUT2D eigenvalue weighted by Gasteiger charge is -2.26. The maximum absolute atomic E-state index is 13.8. The molecule has 1 unspecified atom stereocenters. The van der Waals surface area contributed by atoms with Crippen molar-refractivity contribution < 1.29 is 76.2 Å². The van der Waals surface area contributed by atoms with E-state index in [0.29, 0.717) is 97.8 Å². The van der Waals surface area contributed by atoms with E-state index in [1.807, 2.05) is 0 Å². The molecular formula is C47H76N4O16. The van der Waals surface area contributed by atoms with Gasteiger partial charge in [0.05, 0.1) is 105 Å². The number of hydrogen-bond donors (Lipinski definition) is 3. The Hall–Kier alpha value is -4.41. The van der Waals surface area contributed by atoms with E-state index < -0.39 is 41.7 Å². The van der Waals surface area contributed by atoms with Crippen LogP contribution < -0.4 is 16.0 Å². The molecule has 5 amide bonds. The minimum absolute atomic E-state index is 0.0421. The minimum Gasteiger partial charge on any atom is -0.461 e. The molecule has 1 aromatic carbocycles. The highest BCUT2D eigenvalue weighted by molar-refractivity contribution is 6.03. The molecule has 0 radical (unpaired) electrons. The van der Waals surface area contributed by atoms with Gasteiger partial charge in [0.1, 0.15) is 12.6 Å². The summed E-state index contributed by atoms with van der Waals surface area (Å²) in [5, 5.41) is 8.36. The van der Waals surface area contributed by atoms with Crippen molar-refractivity contribution in [3.63, 3.8) is 0 Å². The molecule has 0 saturated carbocycles. The number of nitrogens with zero attached hydrogens (tertiary/aromatic N) is 1. The molecule has 2 rings (SSSR count). The van der Waals surface area contributed by atoms with Crippen molar-refractivity contribution in [2.45, 2.75) is 91.8 Å². The fraction of sp³-hybridized carbons (Fsp3) is 0.723. The summed E-state index contributed by atoms with van der Waals surface area (Å²) in [6.45, 7) is 14.6. The Morgan fingerprint density at radius 2 is 1.19 bits per heavy atom. The Labute approximate surface area is 395 Å². The van der Waals surface area contributed by atoms with Crippen molar-refractivity contribution >= 4 is 47.0 Å². The zero-order chi connectivity index (χ0) is 49.2. The first-order valence-electron chi connectivity index (χ1n) is 23.3. The molecular weight excluding hydrogens is 877 g/mol. The molecule has 1 aromatic rings. The Kier molecular flexibility index (Phi) is 31.3. The number of hydrogen-bond acceptors (Lipinski definition) is 16. The molecule has 0 bridgehead atoms. The number of carbonyl (C=O) groups excluding carboxylic acids is 7. The number of anilines is 1. The van der Waals surface area contributed by atoms with Crippen LogP contribution in [0.1, 0.15) is 78.7 Å². The molecule has 1 aliphatic rings.